The van der Waals surface area contributed by atoms with Gasteiger partial charge < -0.3 is 5.11 Å². The first-order valence-corrected chi connectivity index (χ1v) is 12.5. The summed E-state index contributed by atoms with van der Waals surface area (Å²) >= 11 is 3.98. The molecule has 0 aliphatic heterocycles. The van der Waals surface area contributed by atoms with Crippen molar-refractivity contribution < 1.29 is 5.11 Å². The average Bonchev–Trinajstić information content (AvgIpc) is 2.46. The number of aryl methyl sites for hydroxylation is 1. The second-order valence-electron chi connectivity index (χ2n) is 11.5. The van der Waals surface area contributed by atoms with Crippen LogP contribution in [0.3, 0.4) is 0 Å². The summed E-state index contributed by atoms with van der Waals surface area (Å²) < 4.78 is -0.0765. The maximum Gasteiger partial charge on any atom is 0.123 e. The van der Waals surface area contributed by atoms with Crippen LogP contribution in [-0.4, -0.2) is 16.6 Å². The normalized spacial score (nSPS) is 13.8. The Labute approximate surface area is 183 Å². The summed E-state index contributed by atoms with van der Waals surface area (Å²) in [6.07, 6.45) is 2.38. The molecular weight excluding hydrogens is 380 g/mol. The van der Waals surface area contributed by atoms with Gasteiger partial charge in [-0.15, -0.1) is 0 Å². The molecule has 28 heavy (non-hydrogen) atoms. The van der Waals surface area contributed by atoms with E-state index in [4.69, 9.17) is 0 Å². The molecule has 0 aliphatic rings. The lowest BCUT2D eigenvalue weighted by atomic mass is 9.91. The van der Waals surface area contributed by atoms with E-state index in [-0.39, 0.29) is 9.49 Å². The molecule has 0 spiro atoms. The lowest BCUT2D eigenvalue weighted by molar-refractivity contribution is 0.401. The number of phenolic OH excluding ortho intramolecular Hbond substituents is 1. The summed E-state index contributed by atoms with van der Waals surface area (Å²) in [5.74, 6) is 2.71. The van der Waals surface area contributed by atoms with Gasteiger partial charge in [-0.2, -0.15) is 23.5 Å². The van der Waals surface area contributed by atoms with Crippen LogP contribution in [0.15, 0.2) is 12.1 Å². The van der Waals surface area contributed by atoms with Crippen LogP contribution in [0.1, 0.15) is 98.8 Å². The molecule has 0 fully saturated rings. The molecule has 3 heteroatoms. The first-order chi connectivity index (χ1) is 12.4. The van der Waals surface area contributed by atoms with Gasteiger partial charge in [0.15, 0.2) is 0 Å². The Balaban J connectivity index is 3.07. The Morgan fingerprint density at radius 2 is 1.14 bits per heavy atom. The van der Waals surface area contributed by atoms with Crippen molar-refractivity contribution >= 4 is 23.5 Å². The van der Waals surface area contributed by atoms with Gasteiger partial charge >= 0.3 is 0 Å². The summed E-state index contributed by atoms with van der Waals surface area (Å²) in [4.78, 5) is 0. The van der Waals surface area contributed by atoms with Crippen LogP contribution in [0.2, 0.25) is 0 Å². The van der Waals surface area contributed by atoms with Gasteiger partial charge in [0, 0.05) is 15.1 Å². The molecule has 1 nitrogen and oxygen atoms in total. The molecule has 1 aromatic carbocycles. The SMILES string of the molecule is Cc1cc(C(C)(C)SCCC(C)(C)C)cc(C(C)(C)SCCC(C)(C)C)c1O. The molecule has 1 rings (SSSR count). The molecule has 1 aromatic rings. The van der Waals surface area contributed by atoms with E-state index in [1.54, 1.807) is 0 Å². The number of hydrogen-bond donors (Lipinski definition) is 1. The van der Waals surface area contributed by atoms with Gasteiger partial charge in [-0.25, -0.2) is 0 Å². The molecule has 0 heterocycles. The van der Waals surface area contributed by atoms with Crippen molar-refractivity contribution in [3.05, 3.63) is 28.8 Å². The third kappa shape index (κ3) is 8.22. The third-order valence-electron chi connectivity index (χ3n) is 5.27. The maximum absolute atomic E-state index is 10.8. The van der Waals surface area contributed by atoms with E-state index in [1.807, 2.05) is 30.4 Å². The van der Waals surface area contributed by atoms with Crippen molar-refractivity contribution in [1.82, 2.24) is 0 Å². The molecule has 0 bridgehead atoms. The fourth-order valence-corrected chi connectivity index (χ4v) is 6.02. The van der Waals surface area contributed by atoms with Gasteiger partial charge in [-0.1, -0.05) is 47.6 Å². The molecule has 0 saturated carbocycles. The standard InChI is InChI=1S/C25H44OS2/c1-18-16-19(24(8,9)27-14-12-22(2,3)4)17-20(21(18)26)25(10,11)28-15-13-23(5,6)7/h16-17,26H,12-15H2,1-11H3. The summed E-state index contributed by atoms with van der Waals surface area (Å²) in [7, 11) is 0. The smallest absolute Gasteiger partial charge is 0.123 e. The highest BCUT2D eigenvalue weighted by molar-refractivity contribution is 8.00. The molecule has 0 aromatic heterocycles. The average molecular weight is 425 g/mol. The van der Waals surface area contributed by atoms with Crippen LogP contribution in [-0.2, 0) is 9.49 Å². The lowest BCUT2D eigenvalue weighted by Crippen LogP contribution is -2.19. The number of benzene rings is 1. The largest absolute Gasteiger partial charge is 0.507 e. The third-order valence-corrected chi connectivity index (χ3v) is 7.99. The minimum atomic E-state index is -0.109. The minimum Gasteiger partial charge on any atom is -0.507 e. The molecule has 0 aliphatic carbocycles. The van der Waals surface area contributed by atoms with Crippen molar-refractivity contribution in [2.24, 2.45) is 10.8 Å². The van der Waals surface area contributed by atoms with Gasteiger partial charge in [0.2, 0.25) is 0 Å². The van der Waals surface area contributed by atoms with E-state index in [2.05, 4.69) is 81.4 Å². The van der Waals surface area contributed by atoms with Crippen molar-refractivity contribution in [1.29, 1.82) is 0 Å². The van der Waals surface area contributed by atoms with E-state index < -0.39 is 0 Å². The molecule has 0 amide bonds. The zero-order valence-corrected chi connectivity index (χ0v) is 21.9. The highest BCUT2D eigenvalue weighted by Gasteiger charge is 2.30. The molecule has 0 radical (unpaired) electrons. The van der Waals surface area contributed by atoms with E-state index in [0.717, 1.165) is 22.6 Å². The molecule has 0 unspecified atom stereocenters. The Morgan fingerprint density at radius 3 is 1.57 bits per heavy atom. The van der Waals surface area contributed by atoms with Crippen LogP contribution in [0, 0.1) is 17.8 Å². The van der Waals surface area contributed by atoms with Crippen LogP contribution >= 0.6 is 23.5 Å². The Bertz CT molecular complexity index is 646. The minimum absolute atomic E-state index is 0.0324. The van der Waals surface area contributed by atoms with Gasteiger partial charge in [0.1, 0.15) is 5.75 Å². The van der Waals surface area contributed by atoms with Gasteiger partial charge in [-0.05, 0) is 87.0 Å². The fraction of sp³-hybridized carbons (Fsp3) is 0.760. The predicted molar refractivity (Wildman–Crippen MR) is 132 cm³/mol. The van der Waals surface area contributed by atoms with E-state index in [9.17, 15) is 5.11 Å². The monoisotopic (exact) mass is 424 g/mol. The van der Waals surface area contributed by atoms with Crippen LogP contribution in [0.4, 0.5) is 0 Å². The first kappa shape index (κ1) is 25.8. The molecular formula is C25H44OS2. The molecule has 0 atom stereocenters. The number of phenols is 1. The Morgan fingerprint density at radius 1 is 0.714 bits per heavy atom. The maximum atomic E-state index is 10.8. The molecule has 0 saturated heterocycles. The Kier molecular flexibility index (Phi) is 8.51. The topological polar surface area (TPSA) is 20.2 Å². The van der Waals surface area contributed by atoms with Crippen LogP contribution in [0.5, 0.6) is 5.75 Å². The van der Waals surface area contributed by atoms with Crippen molar-refractivity contribution in [2.75, 3.05) is 11.5 Å². The van der Waals surface area contributed by atoms with Crippen molar-refractivity contribution in [2.45, 2.75) is 98.5 Å². The van der Waals surface area contributed by atoms with E-state index >= 15 is 0 Å². The fourth-order valence-electron chi connectivity index (χ4n) is 2.97. The zero-order chi connectivity index (χ0) is 22.0. The summed E-state index contributed by atoms with van der Waals surface area (Å²) in [5.41, 5.74) is 4.09. The van der Waals surface area contributed by atoms with Gasteiger partial charge in [0.05, 0.1) is 0 Å². The van der Waals surface area contributed by atoms with Gasteiger partial charge in [-0.3, -0.25) is 0 Å². The second-order valence-corrected chi connectivity index (χ2v) is 15.0. The van der Waals surface area contributed by atoms with Crippen LogP contribution in [0.25, 0.3) is 0 Å². The number of hydrogen-bond acceptors (Lipinski definition) is 3. The summed E-state index contributed by atoms with van der Waals surface area (Å²) in [6, 6.07) is 4.44. The number of aromatic hydroxyl groups is 1. The second kappa shape index (κ2) is 9.25. The highest BCUT2D eigenvalue weighted by atomic mass is 32.2. The van der Waals surface area contributed by atoms with E-state index in [1.165, 1.54) is 18.4 Å². The predicted octanol–water partition coefficient (Wildman–Crippen LogP) is 8.51. The van der Waals surface area contributed by atoms with Crippen molar-refractivity contribution in [3.8, 4) is 5.75 Å². The number of thioether (sulfide) groups is 2. The van der Waals surface area contributed by atoms with Crippen molar-refractivity contribution in [3.63, 3.8) is 0 Å². The molecule has 1 N–H and O–H groups in total. The summed E-state index contributed by atoms with van der Waals surface area (Å²) in [5, 5.41) is 10.8. The zero-order valence-electron chi connectivity index (χ0n) is 20.2. The Hall–Kier alpha value is -0.280. The quantitative estimate of drug-likeness (QED) is 0.451. The number of rotatable bonds is 8. The van der Waals surface area contributed by atoms with E-state index in [0.29, 0.717) is 16.6 Å². The molecule has 162 valence electrons. The van der Waals surface area contributed by atoms with Gasteiger partial charge in [0.25, 0.3) is 0 Å². The lowest BCUT2D eigenvalue weighted by Gasteiger charge is -2.32. The highest BCUT2D eigenvalue weighted by Crippen LogP contribution is 2.46. The first-order valence-electron chi connectivity index (χ1n) is 10.6. The van der Waals surface area contributed by atoms with Crippen LogP contribution < -0.4 is 0 Å². The summed E-state index contributed by atoms with van der Waals surface area (Å²) in [6.45, 7) is 25.0.